The first-order chi connectivity index (χ1) is 9.70. The first-order valence-corrected chi connectivity index (χ1v) is 6.91. The summed E-state index contributed by atoms with van der Waals surface area (Å²) < 4.78 is 2.01. The first-order valence-electron chi connectivity index (χ1n) is 6.53. The molecule has 0 atom stereocenters. The van der Waals surface area contributed by atoms with Gasteiger partial charge >= 0.3 is 0 Å². The van der Waals surface area contributed by atoms with Gasteiger partial charge in [0.2, 0.25) is 0 Å². The number of hydrogen-bond acceptors (Lipinski definition) is 3. The summed E-state index contributed by atoms with van der Waals surface area (Å²) in [5.41, 5.74) is 9.53. The Morgan fingerprint density at radius 2 is 2.15 bits per heavy atom. The van der Waals surface area contributed by atoms with Gasteiger partial charge in [-0.1, -0.05) is 16.8 Å². The van der Waals surface area contributed by atoms with Crippen LogP contribution in [0.2, 0.25) is 5.02 Å². The van der Waals surface area contributed by atoms with Crippen LogP contribution in [0.15, 0.2) is 29.7 Å². The molecule has 0 radical (unpaired) electrons. The minimum atomic E-state index is 0.0424. The molecule has 1 aromatic carbocycles. The fourth-order valence-corrected chi connectivity index (χ4v) is 2.83. The second-order valence-electron chi connectivity index (χ2n) is 4.86. The Hall–Kier alpha value is -2.01. The van der Waals surface area contributed by atoms with E-state index in [1.165, 1.54) is 12.1 Å². The maximum absolute atomic E-state index is 8.93. The lowest BCUT2D eigenvalue weighted by Gasteiger charge is -2.16. The van der Waals surface area contributed by atoms with Crippen LogP contribution < -0.4 is 5.73 Å². The Labute approximate surface area is 121 Å². The molecular formula is C14H15ClN4O. The summed E-state index contributed by atoms with van der Waals surface area (Å²) in [5, 5.41) is 12.6. The van der Waals surface area contributed by atoms with E-state index in [1.54, 1.807) is 18.5 Å². The quantitative estimate of drug-likeness (QED) is 0.386. The normalized spacial score (nSPS) is 15.2. The second-order valence-corrected chi connectivity index (χ2v) is 5.30. The molecule has 0 amide bonds. The molecule has 5 nitrogen and oxygen atoms in total. The van der Waals surface area contributed by atoms with Crippen LogP contribution in [-0.2, 0) is 12.8 Å². The first kappa shape index (κ1) is 13.0. The average molecular weight is 291 g/mol. The lowest BCUT2D eigenvalue weighted by molar-refractivity contribution is 0.318. The third kappa shape index (κ3) is 2.14. The van der Waals surface area contributed by atoms with E-state index in [4.69, 9.17) is 22.5 Å². The van der Waals surface area contributed by atoms with Crippen molar-refractivity contribution in [2.45, 2.75) is 25.7 Å². The SMILES string of the molecule is N/C(=N/O)c1cc(Cl)ccc1-n1cnc2c1CCCC2. The predicted molar refractivity (Wildman–Crippen MR) is 77.7 cm³/mol. The number of oxime groups is 1. The van der Waals surface area contributed by atoms with Crippen molar-refractivity contribution in [3.8, 4) is 5.69 Å². The van der Waals surface area contributed by atoms with Crippen LogP contribution in [-0.4, -0.2) is 20.6 Å². The monoisotopic (exact) mass is 290 g/mol. The number of rotatable bonds is 2. The molecule has 1 aromatic heterocycles. The maximum atomic E-state index is 8.93. The van der Waals surface area contributed by atoms with Crippen molar-refractivity contribution in [3.05, 3.63) is 46.5 Å². The topological polar surface area (TPSA) is 76.4 Å². The van der Waals surface area contributed by atoms with Crippen molar-refractivity contribution in [2.24, 2.45) is 10.9 Å². The number of fused-ring (bicyclic) bond motifs is 1. The number of imidazole rings is 1. The number of nitrogens with zero attached hydrogens (tertiary/aromatic N) is 3. The summed E-state index contributed by atoms with van der Waals surface area (Å²) >= 11 is 6.01. The molecule has 0 unspecified atom stereocenters. The van der Waals surface area contributed by atoms with E-state index in [1.807, 2.05) is 10.6 Å². The number of nitrogens with two attached hydrogens (primary N) is 1. The lowest BCUT2D eigenvalue weighted by Crippen LogP contribution is -2.17. The Bertz CT molecular complexity index is 678. The van der Waals surface area contributed by atoms with Crippen molar-refractivity contribution in [3.63, 3.8) is 0 Å². The lowest BCUT2D eigenvalue weighted by atomic mass is 10.0. The molecule has 6 heteroatoms. The molecule has 0 fully saturated rings. The summed E-state index contributed by atoms with van der Waals surface area (Å²) in [6.45, 7) is 0. The van der Waals surface area contributed by atoms with Crippen LogP contribution in [0.25, 0.3) is 5.69 Å². The molecule has 104 valence electrons. The van der Waals surface area contributed by atoms with Gasteiger partial charge in [-0.15, -0.1) is 0 Å². The molecule has 0 bridgehead atoms. The van der Waals surface area contributed by atoms with E-state index < -0.39 is 0 Å². The Morgan fingerprint density at radius 1 is 1.35 bits per heavy atom. The molecule has 0 spiro atoms. The van der Waals surface area contributed by atoms with Crippen molar-refractivity contribution in [1.29, 1.82) is 0 Å². The highest BCUT2D eigenvalue weighted by molar-refractivity contribution is 6.31. The zero-order valence-electron chi connectivity index (χ0n) is 10.9. The van der Waals surface area contributed by atoms with Crippen LogP contribution >= 0.6 is 11.6 Å². The van der Waals surface area contributed by atoms with Crippen molar-refractivity contribution >= 4 is 17.4 Å². The number of hydrogen-bond donors (Lipinski definition) is 2. The van der Waals surface area contributed by atoms with E-state index >= 15 is 0 Å². The number of aromatic nitrogens is 2. The summed E-state index contributed by atoms with van der Waals surface area (Å²) in [4.78, 5) is 4.47. The largest absolute Gasteiger partial charge is 0.409 e. The molecular weight excluding hydrogens is 276 g/mol. The number of halogens is 1. The second kappa shape index (κ2) is 5.17. The smallest absolute Gasteiger partial charge is 0.172 e. The van der Waals surface area contributed by atoms with Crippen LogP contribution in [0.3, 0.4) is 0 Å². The minimum absolute atomic E-state index is 0.0424. The fourth-order valence-electron chi connectivity index (χ4n) is 2.65. The molecule has 1 aliphatic rings. The molecule has 3 rings (SSSR count). The molecule has 20 heavy (non-hydrogen) atoms. The maximum Gasteiger partial charge on any atom is 0.172 e. The third-order valence-electron chi connectivity index (χ3n) is 3.63. The molecule has 2 aromatic rings. The van der Waals surface area contributed by atoms with E-state index in [9.17, 15) is 0 Å². The van der Waals surface area contributed by atoms with Gasteiger partial charge in [-0.05, 0) is 43.9 Å². The number of aryl methyl sites for hydroxylation is 1. The number of amidine groups is 1. The summed E-state index contributed by atoms with van der Waals surface area (Å²) in [6, 6.07) is 5.35. The molecule has 0 saturated heterocycles. The van der Waals surface area contributed by atoms with E-state index in [0.717, 1.165) is 30.6 Å². The van der Waals surface area contributed by atoms with Crippen LogP contribution in [0.1, 0.15) is 29.8 Å². The van der Waals surface area contributed by atoms with Gasteiger partial charge in [0.1, 0.15) is 0 Å². The van der Waals surface area contributed by atoms with Gasteiger partial charge in [0.15, 0.2) is 5.84 Å². The van der Waals surface area contributed by atoms with E-state index in [2.05, 4.69) is 10.1 Å². The molecule has 3 N–H and O–H groups in total. The van der Waals surface area contributed by atoms with Crippen LogP contribution in [0.4, 0.5) is 0 Å². The zero-order valence-corrected chi connectivity index (χ0v) is 11.6. The van der Waals surface area contributed by atoms with Crippen LogP contribution in [0, 0.1) is 0 Å². The van der Waals surface area contributed by atoms with Gasteiger partial charge in [-0.2, -0.15) is 0 Å². The van der Waals surface area contributed by atoms with Crippen molar-refractivity contribution in [1.82, 2.24) is 9.55 Å². The average Bonchev–Trinajstić information content (AvgIpc) is 2.90. The van der Waals surface area contributed by atoms with Gasteiger partial charge in [0.25, 0.3) is 0 Å². The van der Waals surface area contributed by atoms with Crippen molar-refractivity contribution in [2.75, 3.05) is 0 Å². The molecule has 1 heterocycles. The molecule has 1 aliphatic carbocycles. The Morgan fingerprint density at radius 3 is 2.95 bits per heavy atom. The van der Waals surface area contributed by atoms with Gasteiger partial charge in [0.05, 0.1) is 17.7 Å². The molecule has 0 aliphatic heterocycles. The Kier molecular flexibility index (Phi) is 3.36. The molecule has 0 saturated carbocycles. The van der Waals surface area contributed by atoms with E-state index in [-0.39, 0.29) is 5.84 Å². The minimum Gasteiger partial charge on any atom is -0.409 e. The predicted octanol–water partition coefficient (Wildman–Crippen LogP) is 2.50. The van der Waals surface area contributed by atoms with Gasteiger partial charge in [-0.25, -0.2) is 4.98 Å². The van der Waals surface area contributed by atoms with Gasteiger partial charge < -0.3 is 15.5 Å². The summed E-state index contributed by atoms with van der Waals surface area (Å²) in [7, 11) is 0. The third-order valence-corrected chi connectivity index (χ3v) is 3.87. The van der Waals surface area contributed by atoms with Crippen LogP contribution in [0.5, 0.6) is 0 Å². The zero-order chi connectivity index (χ0) is 14.1. The van der Waals surface area contributed by atoms with E-state index in [0.29, 0.717) is 10.6 Å². The standard InChI is InChI=1S/C14H15ClN4O/c15-9-5-6-12(10(7-9)14(16)18-20)19-8-17-11-3-1-2-4-13(11)19/h5-8,20H,1-4H2,(H2,16,18). The highest BCUT2D eigenvalue weighted by Gasteiger charge is 2.18. The van der Waals surface area contributed by atoms with Gasteiger partial charge in [-0.3, -0.25) is 0 Å². The summed E-state index contributed by atoms with van der Waals surface area (Å²) in [6.07, 6.45) is 6.14. The van der Waals surface area contributed by atoms with Crippen molar-refractivity contribution < 1.29 is 5.21 Å². The fraction of sp³-hybridized carbons (Fsp3) is 0.286. The van der Waals surface area contributed by atoms with Gasteiger partial charge in [0, 0.05) is 16.3 Å². The highest BCUT2D eigenvalue weighted by Crippen LogP contribution is 2.26. The highest BCUT2D eigenvalue weighted by atomic mass is 35.5. The summed E-state index contributed by atoms with van der Waals surface area (Å²) in [5.74, 6) is 0.0424. The Balaban J connectivity index is 2.17. The number of benzene rings is 1.